The van der Waals surface area contributed by atoms with Gasteiger partial charge in [-0.1, -0.05) is 26.0 Å². The average Bonchev–Trinajstić information content (AvgIpc) is 2.84. The summed E-state index contributed by atoms with van der Waals surface area (Å²) < 4.78 is 25.9. The molecule has 132 valence electrons. The molecule has 0 radical (unpaired) electrons. The van der Waals surface area contributed by atoms with Crippen LogP contribution in [0.4, 0.5) is 4.39 Å². The van der Waals surface area contributed by atoms with Crippen molar-refractivity contribution in [1.82, 2.24) is 0 Å². The molecule has 2 bridgehead atoms. The molecule has 1 aromatic carbocycles. The van der Waals surface area contributed by atoms with Crippen molar-refractivity contribution >= 4 is 19.5 Å². The van der Waals surface area contributed by atoms with E-state index in [1.54, 1.807) is 6.07 Å². The van der Waals surface area contributed by atoms with E-state index >= 15 is 0 Å². The van der Waals surface area contributed by atoms with Crippen molar-refractivity contribution in [3.8, 4) is 0 Å². The maximum Gasteiger partial charge on any atom is 0.475 e. The van der Waals surface area contributed by atoms with E-state index in [0.29, 0.717) is 17.8 Å². The van der Waals surface area contributed by atoms with Gasteiger partial charge in [0.25, 0.3) is 0 Å². The summed E-state index contributed by atoms with van der Waals surface area (Å²) in [6.45, 7) is 6.88. The first-order valence-electron chi connectivity index (χ1n) is 8.64. The van der Waals surface area contributed by atoms with E-state index in [4.69, 9.17) is 15.0 Å². The summed E-state index contributed by atoms with van der Waals surface area (Å²) >= 11 is 0. The molecule has 4 fully saturated rings. The van der Waals surface area contributed by atoms with Gasteiger partial charge in [-0.2, -0.15) is 0 Å². The van der Waals surface area contributed by atoms with Gasteiger partial charge in [-0.15, -0.1) is 12.4 Å². The number of hydrogen-bond donors (Lipinski definition) is 1. The highest BCUT2D eigenvalue weighted by molar-refractivity contribution is 6.47. The van der Waals surface area contributed by atoms with Crippen LogP contribution in [0.3, 0.4) is 0 Å². The monoisotopic (exact) mass is 353 g/mol. The van der Waals surface area contributed by atoms with E-state index < -0.39 is 7.12 Å². The topological polar surface area (TPSA) is 44.5 Å². The highest BCUT2D eigenvalue weighted by atomic mass is 35.5. The lowest BCUT2D eigenvalue weighted by Crippen LogP contribution is -2.65. The standard InChI is InChI=1S/C18H25BFNO2.ClH/c1-17(2)12-9-14(17)18(3)15(10-12)22-19(23-18)16(21)8-11-5-4-6-13(20)7-11;/h4-7,12,14-16H,8-10,21H2,1-3H3;1H/t12-,14-,15+,16+,18-;/m0./s1. The maximum atomic E-state index is 13.3. The van der Waals surface area contributed by atoms with E-state index in [1.807, 2.05) is 6.07 Å². The van der Waals surface area contributed by atoms with Crippen LogP contribution in [-0.4, -0.2) is 24.8 Å². The molecule has 0 spiro atoms. The third-order valence-corrected chi connectivity index (χ3v) is 6.68. The Bertz CT molecular complexity index is 631. The van der Waals surface area contributed by atoms with E-state index in [0.717, 1.165) is 17.9 Å². The van der Waals surface area contributed by atoms with Crippen LogP contribution in [0.25, 0.3) is 0 Å². The van der Waals surface area contributed by atoms with Gasteiger partial charge in [-0.05, 0) is 61.1 Å². The summed E-state index contributed by atoms with van der Waals surface area (Å²) in [4.78, 5) is 0. The molecule has 5 rings (SSSR count). The molecular formula is C18H26BClFNO2. The van der Waals surface area contributed by atoms with Gasteiger partial charge in [-0.3, -0.25) is 0 Å². The maximum absolute atomic E-state index is 13.3. The Labute approximate surface area is 150 Å². The molecule has 0 aromatic heterocycles. The number of rotatable bonds is 3. The van der Waals surface area contributed by atoms with Crippen molar-refractivity contribution < 1.29 is 13.7 Å². The quantitative estimate of drug-likeness (QED) is 0.847. The van der Waals surface area contributed by atoms with Crippen LogP contribution in [0, 0.1) is 23.1 Å². The van der Waals surface area contributed by atoms with Crippen LogP contribution < -0.4 is 5.73 Å². The summed E-state index contributed by atoms with van der Waals surface area (Å²) in [6, 6.07) is 6.59. The highest BCUT2D eigenvalue weighted by Crippen LogP contribution is 2.65. The smallest absolute Gasteiger partial charge is 0.404 e. The molecule has 1 aliphatic heterocycles. The molecule has 6 heteroatoms. The molecule has 2 N–H and O–H groups in total. The lowest BCUT2D eigenvalue weighted by molar-refractivity contribution is -0.199. The van der Waals surface area contributed by atoms with Crippen molar-refractivity contribution in [1.29, 1.82) is 0 Å². The Balaban J connectivity index is 0.00000169. The van der Waals surface area contributed by atoms with Gasteiger partial charge in [0, 0.05) is 5.94 Å². The van der Waals surface area contributed by atoms with Crippen molar-refractivity contribution in [2.45, 2.75) is 57.7 Å². The second-order valence-electron chi connectivity index (χ2n) is 8.33. The minimum atomic E-state index is -0.400. The number of halogens is 2. The first kappa shape index (κ1) is 18.2. The number of hydrogen-bond acceptors (Lipinski definition) is 3. The zero-order chi connectivity index (χ0) is 16.4. The molecule has 24 heavy (non-hydrogen) atoms. The van der Waals surface area contributed by atoms with Gasteiger partial charge in [0.2, 0.25) is 0 Å². The molecule has 1 aromatic rings. The zero-order valence-corrected chi connectivity index (χ0v) is 15.3. The van der Waals surface area contributed by atoms with Crippen molar-refractivity contribution in [2.75, 3.05) is 0 Å². The van der Waals surface area contributed by atoms with Gasteiger partial charge in [-0.25, -0.2) is 4.39 Å². The lowest BCUT2D eigenvalue weighted by atomic mass is 9.43. The van der Waals surface area contributed by atoms with E-state index in [2.05, 4.69) is 20.8 Å². The Hall–Kier alpha value is -0.615. The number of benzene rings is 1. The Morgan fingerprint density at radius 2 is 2.08 bits per heavy atom. The van der Waals surface area contributed by atoms with Crippen molar-refractivity contribution in [2.24, 2.45) is 23.0 Å². The molecule has 0 amide bonds. The van der Waals surface area contributed by atoms with Crippen LogP contribution in [0.1, 0.15) is 39.2 Å². The zero-order valence-electron chi connectivity index (χ0n) is 14.5. The van der Waals surface area contributed by atoms with Crippen molar-refractivity contribution in [3.63, 3.8) is 0 Å². The fourth-order valence-corrected chi connectivity index (χ4v) is 5.11. The molecule has 3 saturated carbocycles. The molecule has 1 saturated heterocycles. The minimum Gasteiger partial charge on any atom is -0.404 e. The van der Waals surface area contributed by atoms with Crippen LogP contribution in [0.5, 0.6) is 0 Å². The van der Waals surface area contributed by atoms with Gasteiger partial charge in [0.1, 0.15) is 5.82 Å². The molecule has 4 aliphatic rings. The molecule has 3 nitrogen and oxygen atoms in total. The summed E-state index contributed by atoms with van der Waals surface area (Å²) in [5.41, 5.74) is 7.31. The van der Waals surface area contributed by atoms with Crippen LogP contribution in [0.15, 0.2) is 24.3 Å². The molecule has 3 aliphatic carbocycles. The molecule has 5 atom stereocenters. The Morgan fingerprint density at radius 1 is 1.33 bits per heavy atom. The Kier molecular flexibility index (Phi) is 4.53. The van der Waals surface area contributed by atoms with Gasteiger partial charge < -0.3 is 15.0 Å². The normalized spacial score (nSPS) is 37.2. The minimum absolute atomic E-state index is 0. The predicted octanol–water partition coefficient (Wildman–Crippen LogP) is 3.38. The van der Waals surface area contributed by atoms with E-state index in [9.17, 15) is 4.39 Å². The Morgan fingerprint density at radius 3 is 2.75 bits per heavy atom. The van der Waals surface area contributed by atoms with Gasteiger partial charge in [0.15, 0.2) is 0 Å². The van der Waals surface area contributed by atoms with E-state index in [1.165, 1.54) is 18.6 Å². The summed E-state index contributed by atoms with van der Waals surface area (Å²) in [6.07, 6.45) is 2.99. The lowest BCUT2D eigenvalue weighted by Gasteiger charge is -2.64. The highest BCUT2D eigenvalue weighted by Gasteiger charge is 2.68. The first-order chi connectivity index (χ1) is 10.8. The first-order valence-corrected chi connectivity index (χ1v) is 8.64. The van der Waals surface area contributed by atoms with Crippen LogP contribution in [-0.2, 0) is 15.7 Å². The van der Waals surface area contributed by atoms with E-state index in [-0.39, 0.29) is 35.9 Å². The average molecular weight is 354 g/mol. The second kappa shape index (κ2) is 5.98. The molecule has 0 unspecified atom stereocenters. The third-order valence-electron chi connectivity index (χ3n) is 6.68. The van der Waals surface area contributed by atoms with Crippen LogP contribution in [0.2, 0.25) is 0 Å². The molecule has 1 heterocycles. The largest absolute Gasteiger partial charge is 0.475 e. The van der Waals surface area contributed by atoms with Crippen molar-refractivity contribution in [3.05, 3.63) is 35.6 Å². The summed E-state index contributed by atoms with van der Waals surface area (Å²) in [5.74, 6) is 0.753. The number of nitrogens with two attached hydrogens (primary N) is 1. The summed E-state index contributed by atoms with van der Waals surface area (Å²) in [5, 5.41) is 0. The third kappa shape index (κ3) is 2.61. The van der Waals surface area contributed by atoms with Gasteiger partial charge >= 0.3 is 7.12 Å². The fourth-order valence-electron chi connectivity index (χ4n) is 5.11. The fraction of sp³-hybridized carbons (Fsp3) is 0.667. The summed E-state index contributed by atoms with van der Waals surface area (Å²) in [7, 11) is -0.400. The SMILES string of the molecule is CC1(C)[C@@H]2C[C@H]3OB([C@H](N)Cc4cccc(F)c4)O[C@@]3(C)[C@H]1C2.Cl. The van der Waals surface area contributed by atoms with Crippen LogP contribution >= 0.6 is 12.4 Å². The second-order valence-corrected chi connectivity index (χ2v) is 8.33. The van der Waals surface area contributed by atoms with Gasteiger partial charge in [0.05, 0.1) is 11.7 Å². The predicted molar refractivity (Wildman–Crippen MR) is 95.4 cm³/mol. The molecular weight excluding hydrogens is 327 g/mol.